The fourth-order valence-electron chi connectivity index (χ4n) is 2.14. The third kappa shape index (κ3) is 2.64. The highest BCUT2D eigenvalue weighted by Crippen LogP contribution is 2.39. The number of nitrogens with two attached hydrogens (primary N) is 2. The quantitative estimate of drug-likeness (QED) is 0.899. The molecule has 0 fully saturated rings. The second-order valence-electron chi connectivity index (χ2n) is 4.32. The third-order valence-corrected chi connectivity index (χ3v) is 4.45. The first-order chi connectivity index (χ1) is 7.95. The maximum absolute atomic E-state index is 6.19. The Kier molecular flexibility index (Phi) is 4.98. The molecule has 0 aliphatic carbocycles. The van der Waals surface area contributed by atoms with E-state index in [1.165, 1.54) is 5.56 Å². The Morgan fingerprint density at radius 3 is 2.24 bits per heavy atom. The minimum Gasteiger partial charge on any atom is -0.496 e. The van der Waals surface area contributed by atoms with Crippen LogP contribution in [0, 0.1) is 20.8 Å². The first kappa shape index (κ1) is 14.5. The third-order valence-electron chi connectivity index (χ3n) is 3.26. The van der Waals surface area contributed by atoms with Crippen LogP contribution in [0.3, 0.4) is 0 Å². The van der Waals surface area contributed by atoms with Crippen molar-refractivity contribution in [3.63, 3.8) is 0 Å². The first-order valence-electron chi connectivity index (χ1n) is 5.74. The standard InChI is InChI=1S/C13H21BrN2O/c1-7-8(2)13(17-4)11(9(3)12(7)14)10(16)5-6-15/h10H,5-6,15-16H2,1-4H3. The minimum absolute atomic E-state index is 0.0782. The Labute approximate surface area is 112 Å². The van der Waals surface area contributed by atoms with Crippen LogP contribution in [0.25, 0.3) is 0 Å². The first-order valence-corrected chi connectivity index (χ1v) is 6.53. The number of ether oxygens (including phenoxy) is 1. The molecule has 0 saturated heterocycles. The van der Waals surface area contributed by atoms with E-state index in [-0.39, 0.29) is 6.04 Å². The monoisotopic (exact) mass is 300 g/mol. The van der Waals surface area contributed by atoms with Gasteiger partial charge in [-0.1, -0.05) is 15.9 Å². The SMILES string of the molecule is COc1c(C)c(C)c(Br)c(C)c1C(N)CCN. The molecule has 0 radical (unpaired) electrons. The number of hydrogen-bond acceptors (Lipinski definition) is 3. The molecule has 3 nitrogen and oxygen atoms in total. The van der Waals surface area contributed by atoms with Crippen molar-refractivity contribution in [1.82, 2.24) is 0 Å². The van der Waals surface area contributed by atoms with Gasteiger partial charge in [-0.3, -0.25) is 0 Å². The van der Waals surface area contributed by atoms with E-state index in [1.54, 1.807) is 7.11 Å². The summed E-state index contributed by atoms with van der Waals surface area (Å²) < 4.78 is 6.63. The van der Waals surface area contributed by atoms with E-state index in [2.05, 4.69) is 36.7 Å². The van der Waals surface area contributed by atoms with Crippen molar-refractivity contribution in [3.8, 4) is 5.75 Å². The van der Waals surface area contributed by atoms with E-state index in [4.69, 9.17) is 16.2 Å². The van der Waals surface area contributed by atoms with E-state index in [9.17, 15) is 0 Å². The predicted molar refractivity (Wildman–Crippen MR) is 75.5 cm³/mol. The van der Waals surface area contributed by atoms with Crippen molar-refractivity contribution >= 4 is 15.9 Å². The van der Waals surface area contributed by atoms with Crippen LogP contribution in [-0.4, -0.2) is 13.7 Å². The van der Waals surface area contributed by atoms with Gasteiger partial charge in [0.1, 0.15) is 5.75 Å². The normalized spacial score (nSPS) is 12.6. The molecule has 0 spiro atoms. The maximum atomic E-state index is 6.19. The summed E-state index contributed by atoms with van der Waals surface area (Å²) in [6.45, 7) is 6.77. The molecule has 1 rings (SSSR count). The molecule has 1 aromatic rings. The highest BCUT2D eigenvalue weighted by molar-refractivity contribution is 9.10. The molecule has 0 aromatic heterocycles. The zero-order chi connectivity index (χ0) is 13.2. The van der Waals surface area contributed by atoms with Crippen LogP contribution < -0.4 is 16.2 Å². The topological polar surface area (TPSA) is 61.3 Å². The van der Waals surface area contributed by atoms with Crippen LogP contribution in [0.4, 0.5) is 0 Å². The van der Waals surface area contributed by atoms with Gasteiger partial charge >= 0.3 is 0 Å². The minimum atomic E-state index is -0.0782. The van der Waals surface area contributed by atoms with Gasteiger partial charge in [0.25, 0.3) is 0 Å². The Hall–Kier alpha value is -0.580. The van der Waals surface area contributed by atoms with Crippen LogP contribution in [-0.2, 0) is 0 Å². The molecule has 4 heteroatoms. The maximum Gasteiger partial charge on any atom is 0.127 e. The Balaban J connectivity index is 3.46. The van der Waals surface area contributed by atoms with Crippen molar-refractivity contribution in [3.05, 3.63) is 26.7 Å². The van der Waals surface area contributed by atoms with Crippen molar-refractivity contribution in [1.29, 1.82) is 0 Å². The van der Waals surface area contributed by atoms with Crippen molar-refractivity contribution in [2.45, 2.75) is 33.2 Å². The number of methoxy groups -OCH3 is 1. The molecule has 0 aliphatic heterocycles. The van der Waals surface area contributed by atoms with Crippen LogP contribution in [0.5, 0.6) is 5.75 Å². The second kappa shape index (κ2) is 5.85. The average molecular weight is 301 g/mol. The molecular weight excluding hydrogens is 280 g/mol. The van der Waals surface area contributed by atoms with Crippen molar-refractivity contribution in [2.24, 2.45) is 11.5 Å². The zero-order valence-electron chi connectivity index (χ0n) is 10.9. The number of hydrogen-bond donors (Lipinski definition) is 2. The van der Waals surface area contributed by atoms with Gasteiger partial charge < -0.3 is 16.2 Å². The molecule has 0 saturated carbocycles. The lowest BCUT2D eigenvalue weighted by Crippen LogP contribution is -2.18. The van der Waals surface area contributed by atoms with Gasteiger partial charge in [-0.05, 0) is 50.4 Å². The Morgan fingerprint density at radius 1 is 1.18 bits per heavy atom. The van der Waals surface area contributed by atoms with Gasteiger partial charge in [-0.2, -0.15) is 0 Å². The lowest BCUT2D eigenvalue weighted by Gasteiger charge is -2.22. The molecule has 0 amide bonds. The summed E-state index contributed by atoms with van der Waals surface area (Å²) in [4.78, 5) is 0. The van der Waals surface area contributed by atoms with Crippen LogP contribution in [0.1, 0.15) is 34.7 Å². The van der Waals surface area contributed by atoms with E-state index in [0.717, 1.165) is 33.3 Å². The van der Waals surface area contributed by atoms with Crippen molar-refractivity contribution < 1.29 is 4.74 Å². The summed E-state index contributed by atoms with van der Waals surface area (Å²) in [6.07, 6.45) is 0.756. The van der Waals surface area contributed by atoms with E-state index >= 15 is 0 Å². The van der Waals surface area contributed by atoms with Gasteiger partial charge in [-0.15, -0.1) is 0 Å². The molecule has 1 aromatic carbocycles. The van der Waals surface area contributed by atoms with E-state index in [1.807, 2.05) is 0 Å². The van der Waals surface area contributed by atoms with Gasteiger partial charge in [0, 0.05) is 16.1 Å². The molecule has 96 valence electrons. The summed E-state index contributed by atoms with van der Waals surface area (Å²) >= 11 is 3.62. The summed E-state index contributed by atoms with van der Waals surface area (Å²) in [5.74, 6) is 0.893. The highest BCUT2D eigenvalue weighted by atomic mass is 79.9. The zero-order valence-corrected chi connectivity index (χ0v) is 12.5. The molecule has 0 bridgehead atoms. The Morgan fingerprint density at radius 2 is 1.76 bits per heavy atom. The van der Waals surface area contributed by atoms with E-state index in [0.29, 0.717) is 6.54 Å². The van der Waals surface area contributed by atoms with Gasteiger partial charge in [0.05, 0.1) is 7.11 Å². The summed E-state index contributed by atoms with van der Waals surface area (Å²) in [5.41, 5.74) is 16.3. The molecule has 1 unspecified atom stereocenters. The molecule has 4 N–H and O–H groups in total. The predicted octanol–water partition coefficient (Wildman–Crippen LogP) is 2.73. The number of halogens is 1. The van der Waals surface area contributed by atoms with Gasteiger partial charge in [0.2, 0.25) is 0 Å². The molecule has 1 atom stereocenters. The molecule has 0 aliphatic rings. The van der Waals surface area contributed by atoms with Gasteiger partial charge in [0.15, 0.2) is 0 Å². The highest BCUT2D eigenvalue weighted by Gasteiger charge is 2.20. The molecule has 17 heavy (non-hydrogen) atoms. The second-order valence-corrected chi connectivity index (χ2v) is 5.11. The van der Waals surface area contributed by atoms with Crippen LogP contribution in [0.2, 0.25) is 0 Å². The fraction of sp³-hybridized carbons (Fsp3) is 0.538. The number of rotatable bonds is 4. The Bertz CT molecular complexity index is 419. The molecule has 0 heterocycles. The fourth-order valence-corrected chi connectivity index (χ4v) is 2.65. The van der Waals surface area contributed by atoms with Crippen LogP contribution in [0.15, 0.2) is 4.47 Å². The van der Waals surface area contributed by atoms with Crippen LogP contribution >= 0.6 is 15.9 Å². The average Bonchev–Trinajstić information content (AvgIpc) is 2.31. The molecular formula is C13H21BrN2O. The summed E-state index contributed by atoms with van der Waals surface area (Å²) in [5, 5.41) is 0. The summed E-state index contributed by atoms with van der Waals surface area (Å²) in [6, 6.07) is -0.0782. The van der Waals surface area contributed by atoms with Crippen molar-refractivity contribution in [2.75, 3.05) is 13.7 Å². The lowest BCUT2D eigenvalue weighted by atomic mass is 9.93. The van der Waals surface area contributed by atoms with E-state index < -0.39 is 0 Å². The largest absolute Gasteiger partial charge is 0.496 e. The lowest BCUT2D eigenvalue weighted by molar-refractivity contribution is 0.400. The summed E-state index contributed by atoms with van der Waals surface area (Å²) in [7, 11) is 1.69. The smallest absolute Gasteiger partial charge is 0.127 e. The van der Waals surface area contributed by atoms with Gasteiger partial charge in [-0.25, -0.2) is 0 Å². The number of benzene rings is 1.